The second-order valence-electron chi connectivity index (χ2n) is 7.14. The number of piperidine rings is 1. The number of hydrogen-bond donors (Lipinski definition) is 1. The molecule has 1 unspecified atom stereocenters. The standard InChI is InChI=1S/C21H23N3O2/c1-14-6-5-7-16(12-14)22-20(25)15-9-10-17-18(13-15)23(2)19-8-3-4-11-24(19)21(17)26/h5-7,9-10,12-13,19H,3-4,8,11H2,1-2H3,(H,22,25). The highest BCUT2D eigenvalue weighted by Crippen LogP contribution is 2.34. The summed E-state index contributed by atoms with van der Waals surface area (Å²) in [7, 11) is 2.01. The van der Waals surface area contributed by atoms with Gasteiger partial charge in [0.05, 0.1) is 11.3 Å². The quantitative estimate of drug-likeness (QED) is 0.900. The Morgan fingerprint density at radius 2 is 2.00 bits per heavy atom. The topological polar surface area (TPSA) is 52.7 Å². The molecule has 0 radical (unpaired) electrons. The largest absolute Gasteiger partial charge is 0.354 e. The Morgan fingerprint density at radius 3 is 2.81 bits per heavy atom. The summed E-state index contributed by atoms with van der Waals surface area (Å²) in [5.41, 5.74) is 3.95. The Hall–Kier alpha value is -2.82. The van der Waals surface area contributed by atoms with E-state index in [1.165, 1.54) is 0 Å². The van der Waals surface area contributed by atoms with Gasteiger partial charge < -0.3 is 15.1 Å². The van der Waals surface area contributed by atoms with Crippen molar-refractivity contribution >= 4 is 23.2 Å². The maximum atomic E-state index is 12.8. The lowest BCUT2D eigenvalue weighted by molar-refractivity contribution is 0.0589. The fourth-order valence-corrected chi connectivity index (χ4v) is 3.94. The van der Waals surface area contributed by atoms with Gasteiger partial charge in [0.25, 0.3) is 11.8 Å². The zero-order valence-corrected chi connectivity index (χ0v) is 15.2. The van der Waals surface area contributed by atoms with Crippen LogP contribution in [0.1, 0.15) is 45.5 Å². The van der Waals surface area contributed by atoms with Crippen molar-refractivity contribution < 1.29 is 9.59 Å². The van der Waals surface area contributed by atoms with Gasteiger partial charge in [0, 0.05) is 24.8 Å². The van der Waals surface area contributed by atoms with Crippen LogP contribution in [-0.2, 0) is 0 Å². The molecule has 2 aliphatic rings. The Kier molecular flexibility index (Phi) is 4.15. The molecule has 0 spiro atoms. The third-order valence-electron chi connectivity index (χ3n) is 5.33. The van der Waals surface area contributed by atoms with E-state index in [0.717, 1.165) is 42.7 Å². The van der Waals surface area contributed by atoms with E-state index in [1.54, 1.807) is 12.1 Å². The number of nitrogens with zero attached hydrogens (tertiary/aromatic N) is 2. The van der Waals surface area contributed by atoms with E-state index in [9.17, 15) is 9.59 Å². The van der Waals surface area contributed by atoms with Gasteiger partial charge in [0.2, 0.25) is 0 Å². The number of carbonyl (C=O) groups is 2. The summed E-state index contributed by atoms with van der Waals surface area (Å²) in [6, 6.07) is 13.1. The van der Waals surface area contributed by atoms with Crippen LogP contribution in [0.5, 0.6) is 0 Å². The highest BCUT2D eigenvalue weighted by Gasteiger charge is 2.37. The third kappa shape index (κ3) is 2.83. The minimum atomic E-state index is -0.162. The Morgan fingerprint density at radius 1 is 1.15 bits per heavy atom. The van der Waals surface area contributed by atoms with Gasteiger partial charge in [-0.2, -0.15) is 0 Å². The minimum Gasteiger partial charge on any atom is -0.354 e. The molecule has 4 rings (SSSR count). The van der Waals surface area contributed by atoms with Gasteiger partial charge in [0.1, 0.15) is 6.17 Å². The minimum absolute atomic E-state index is 0.0773. The van der Waals surface area contributed by atoms with Crippen LogP contribution in [0.3, 0.4) is 0 Å². The molecule has 0 saturated carbocycles. The monoisotopic (exact) mass is 349 g/mol. The van der Waals surface area contributed by atoms with E-state index >= 15 is 0 Å². The summed E-state index contributed by atoms with van der Waals surface area (Å²) < 4.78 is 0. The van der Waals surface area contributed by atoms with Gasteiger partial charge in [-0.05, 0) is 62.1 Å². The summed E-state index contributed by atoms with van der Waals surface area (Å²) in [5, 5.41) is 2.94. The van der Waals surface area contributed by atoms with E-state index in [0.29, 0.717) is 11.1 Å². The van der Waals surface area contributed by atoms with Crippen LogP contribution in [0.2, 0.25) is 0 Å². The molecule has 0 bridgehead atoms. The van der Waals surface area contributed by atoms with Gasteiger partial charge in [-0.25, -0.2) is 0 Å². The van der Waals surface area contributed by atoms with E-state index in [1.807, 2.05) is 49.2 Å². The molecule has 2 heterocycles. The molecular formula is C21H23N3O2. The van der Waals surface area contributed by atoms with Gasteiger partial charge >= 0.3 is 0 Å². The first kappa shape index (κ1) is 16.6. The summed E-state index contributed by atoms with van der Waals surface area (Å²) in [6.07, 6.45) is 3.25. The van der Waals surface area contributed by atoms with E-state index < -0.39 is 0 Å². The number of aryl methyl sites for hydroxylation is 1. The third-order valence-corrected chi connectivity index (χ3v) is 5.33. The molecule has 2 aromatic rings. The summed E-state index contributed by atoms with van der Waals surface area (Å²) in [4.78, 5) is 29.6. The second kappa shape index (κ2) is 6.48. The Balaban J connectivity index is 1.63. The first-order valence-corrected chi connectivity index (χ1v) is 9.10. The lowest BCUT2D eigenvalue weighted by Crippen LogP contribution is -2.55. The number of benzene rings is 2. The van der Waals surface area contributed by atoms with Crippen LogP contribution >= 0.6 is 0 Å². The average Bonchev–Trinajstić information content (AvgIpc) is 2.65. The maximum absolute atomic E-state index is 12.8. The molecule has 2 aromatic carbocycles. The summed E-state index contributed by atoms with van der Waals surface area (Å²) in [6.45, 7) is 2.80. The number of hydrogen-bond acceptors (Lipinski definition) is 3. The molecule has 0 aromatic heterocycles. The van der Waals surface area contributed by atoms with Crippen molar-refractivity contribution in [3.8, 4) is 0 Å². The van der Waals surface area contributed by atoms with Gasteiger partial charge in [0.15, 0.2) is 0 Å². The van der Waals surface area contributed by atoms with Crippen LogP contribution in [-0.4, -0.2) is 36.5 Å². The zero-order chi connectivity index (χ0) is 18.3. The maximum Gasteiger partial charge on any atom is 0.257 e. The van der Waals surface area contributed by atoms with Gasteiger partial charge in [-0.3, -0.25) is 9.59 Å². The van der Waals surface area contributed by atoms with Crippen LogP contribution in [0.15, 0.2) is 42.5 Å². The molecule has 5 nitrogen and oxygen atoms in total. The van der Waals surface area contributed by atoms with Crippen LogP contribution in [0.4, 0.5) is 11.4 Å². The number of amides is 2. The molecule has 1 fully saturated rings. The SMILES string of the molecule is Cc1cccc(NC(=O)c2ccc3c(c2)N(C)C2CCCCN2C3=O)c1. The Bertz CT molecular complexity index is 877. The van der Waals surface area contributed by atoms with Crippen molar-refractivity contribution in [3.63, 3.8) is 0 Å². The molecule has 0 aliphatic carbocycles. The molecule has 1 atom stereocenters. The zero-order valence-electron chi connectivity index (χ0n) is 15.2. The highest BCUT2D eigenvalue weighted by molar-refractivity contribution is 6.08. The average molecular weight is 349 g/mol. The van der Waals surface area contributed by atoms with Crippen molar-refractivity contribution in [1.82, 2.24) is 4.90 Å². The summed E-state index contributed by atoms with van der Waals surface area (Å²) >= 11 is 0. The number of rotatable bonds is 2. The molecule has 2 aliphatic heterocycles. The van der Waals surface area contributed by atoms with Crippen LogP contribution < -0.4 is 10.2 Å². The van der Waals surface area contributed by atoms with Crippen molar-refractivity contribution in [1.29, 1.82) is 0 Å². The second-order valence-corrected chi connectivity index (χ2v) is 7.14. The lowest BCUT2D eigenvalue weighted by Gasteiger charge is -2.46. The normalized spacial score (nSPS) is 19.0. The first-order chi connectivity index (χ1) is 12.5. The predicted molar refractivity (Wildman–Crippen MR) is 103 cm³/mol. The van der Waals surface area contributed by atoms with Gasteiger partial charge in [-0.1, -0.05) is 12.1 Å². The lowest BCUT2D eigenvalue weighted by atomic mass is 9.97. The number of fused-ring (bicyclic) bond motifs is 2. The highest BCUT2D eigenvalue weighted by atomic mass is 16.2. The fraction of sp³-hybridized carbons (Fsp3) is 0.333. The molecule has 1 N–H and O–H groups in total. The molecule has 134 valence electrons. The fourth-order valence-electron chi connectivity index (χ4n) is 3.94. The van der Waals surface area contributed by atoms with Crippen LogP contribution in [0.25, 0.3) is 0 Å². The molecular weight excluding hydrogens is 326 g/mol. The van der Waals surface area contributed by atoms with Crippen molar-refractivity contribution in [2.75, 3.05) is 23.8 Å². The van der Waals surface area contributed by atoms with E-state index in [4.69, 9.17) is 0 Å². The number of carbonyl (C=O) groups excluding carboxylic acids is 2. The Labute approximate surface area is 153 Å². The first-order valence-electron chi connectivity index (χ1n) is 9.10. The molecule has 1 saturated heterocycles. The molecule has 2 amide bonds. The van der Waals surface area contributed by atoms with Crippen molar-refractivity contribution in [2.45, 2.75) is 32.4 Å². The number of anilines is 2. The summed E-state index contributed by atoms with van der Waals surface area (Å²) in [5.74, 6) is -0.0845. The van der Waals surface area contributed by atoms with E-state index in [2.05, 4.69) is 10.2 Å². The van der Waals surface area contributed by atoms with Gasteiger partial charge in [-0.15, -0.1) is 0 Å². The van der Waals surface area contributed by atoms with E-state index in [-0.39, 0.29) is 18.0 Å². The van der Waals surface area contributed by atoms with Crippen molar-refractivity contribution in [2.24, 2.45) is 0 Å². The predicted octanol–water partition coefficient (Wildman–Crippen LogP) is 3.65. The van der Waals surface area contributed by atoms with Crippen molar-refractivity contribution in [3.05, 3.63) is 59.2 Å². The molecule has 5 heteroatoms. The smallest absolute Gasteiger partial charge is 0.257 e. The molecule has 26 heavy (non-hydrogen) atoms. The van der Waals surface area contributed by atoms with Crippen LogP contribution in [0, 0.1) is 6.92 Å². The number of nitrogens with one attached hydrogen (secondary N) is 1.